The molecule has 0 aliphatic carbocycles. The predicted octanol–water partition coefficient (Wildman–Crippen LogP) is 2.70. The van der Waals surface area contributed by atoms with Crippen molar-refractivity contribution in [3.05, 3.63) is 39.5 Å². The third kappa shape index (κ3) is 3.01. The summed E-state index contributed by atoms with van der Waals surface area (Å²) in [6, 6.07) is 6.67. The number of thiazole rings is 1. The predicted molar refractivity (Wildman–Crippen MR) is 94.3 cm³/mol. The number of methoxy groups -OCH3 is 1. The van der Waals surface area contributed by atoms with Gasteiger partial charge in [0.2, 0.25) is 6.79 Å². The molecule has 1 amide bonds. The molecule has 0 unspecified atom stereocenters. The van der Waals surface area contributed by atoms with Gasteiger partial charge in [0.1, 0.15) is 6.54 Å². The van der Waals surface area contributed by atoms with Crippen molar-refractivity contribution in [2.24, 2.45) is 4.99 Å². The van der Waals surface area contributed by atoms with Gasteiger partial charge in [-0.3, -0.25) is 9.59 Å². The number of benzene rings is 1. The van der Waals surface area contributed by atoms with Crippen LogP contribution in [0.25, 0.3) is 10.2 Å². The largest absolute Gasteiger partial charge is 0.468 e. The number of carbonyl (C=O) groups is 2. The summed E-state index contributed by atoms with van der Waals surface area (Å²) >= 11 is 4.40. The number of ether oxygens (including phenoxy) is 3. The zero-order valence-electron chi connectivity index (χ0n) is 13.4. The van der Waals surface area contributed by atoms with Gasteiger partial charge in [0.15, 0.2) is 26.7 Å². The standard InChI is InChI=1S/C16H11BrN2O6S/c1-22-14(20)6-19-8-4-10-11(24-7-23-10)5-12(8)26-16(19)18-15(21)9-2-3-13(17)25-9/h2-5H,6-7H2,1H3. The van der Waals surface area contributed by atoms with E-state index in [1.807, 2.05) is 0 Å². The second kappa shape index (κ2) is 6.61. The summed E-state index contributed by atoms with van der Waals surface area (Å²) < 4.78 is 23.6. The third-order valence-electron chi connectivity index (χ3n) is 3.67. The maximum absolute atomic E-state index is 12.4. The van der Waals surface area contributed by atoms with Crippen molar-refractivity contribution in [1.82, 2.24) is 4.57 Å². The molecule has 0 fully saturated rings. The molecule has 0 bridgehead atoms. The molecule has 3 aromatic rings. The zero-order valence-corrected chi connectivity index (χ0v) is 15.8. The number of aromatic nitrogens is 1. The number of rotatable bonds is 3. The van der Waals surface area contributed by atoms with E-state index in [9.17, 15) is 9.59 Å². The molecule has 1 aliphatic rings. The van der Waals surface area contributed by atoms with Crippen LogP contribution in [0.15, 0.2) is 38.3 Å². The van der Waals surface area contributed by atoms with Gasteiger partial charge in [0.05, 0.1) is 17.3 Å². The summed E-state index contributed by atoms with van der Waals surface area (Å²) in [5.41, 5.74) is 0.692. The maximum Gasteiger partial charge on any atom is 0.325 e. The quantitative estimate of drug-likeness (QED) is 0.583. The Morgan fingerprint density at radius 1 is 1.31 bits per heavy atom. The lowest BCUT2D eigenvalue weighted by Crippen LogP contribution is -2.22. The molecule has 1 aromatic carbocycles. The highest BCUT2D eigenvalue weighted by molar-refractivity contribution is 9.10. The Kier molecular flexibility index (Phi) is 4.29. The minimum atomic E-state index is -0.555. The van der Waals surface area contributed by atoms with Gasteiger partial charge in [-0.25, -0.2) is 0 Å². The van der Waals surface area contributed by atoms with Gasteiger partial charge in [0.25, 0.3) is 0 Å². The smallest absolute Gasteiger partial charge is 0.325 e. The Balaban J connectivity index is 1.87. The molecule has 8 nitrogen and oxygen atoms in total. The van der Waals surface area contributed by atoms with Crippen molar-refractivity contribution < 1.29 is 28.2 Å². The first-order chi connectivity index (χ1) is 12.5. The molecule has 0 N–H and O–H groups in total. The highest BCUT2D eigenvalue weighted by Gasteiger charge is 2.19. The van der Waals surface area contributed by atoms with E-state index in [2.05, 4.69) is 20.9 Å². The summed E-state index contributed by atoms with van der Waals surface area (Å²) in [4.78, 5) is 28.6. The van der Waals surface area contributed by atoms with Crippen molar-refractivity contribution >= 4 is 49.4 Å². The molecule has 1 aliphatic heterocycles. The van der Waals surface area contributed by atoms with Gasteiger partial charge in [-0.1, -0.05) is 11.3 Å². The number of fused-ring (bicyclic) bond motifs is 2. The van der Waals surface area contributed by atoms with Crippen molar-refractivity contribution in [1.29, 1.82) is 0 Å². The molecule has 0 atom stereocenters. The summed E-state index contributed by atoms with van der Waals surface area (Å²) in [6.07, 6.45) is 0. The van der Waals surface area contributed by atoms with E-state index < -0.39 is 11.9 Å². The summed E-state index contributed by atoms with van der Waals surface area (Å²) in [7, 11) is 1.30. The summed E-state index contributed by atoms with van der Waals surface area (Å²) in [5.74, 6) is 0.254. The van der Waals surface area contributed by atoms with Crippen LogP contribution in [0.3, 0.4) is 0 Å². The maximum atomic E-state index is 12.4. The first-order valence-corrected chi connectivity index (χ1v) is 9.00. The normalized spacial score (nSPS) is 13.4. The highest BCUT2D eigenvalue weighted by Crippen LogP contribution is 2.37. The second-order valence-electron chi connectivity index (χ2n) is 5.24. The first kappa shape index (κ1) is 16.9. The van der Waals surface area contributed by atoms with Crippen LogP contribution < -0.4 is 14.3 Å². The average molecular weight is 439 g/mol. The number of furan rings is 1. The van der Waals surface area contributed by atoms with Gasteiger partial charge in [-0.05, 0) is 28.1 Å². The number of nitrogens with zero attached hydrogens (tertiary/aromatic N) is 2. The molecule has 0 saturated carbocycles. The fourth-order valence-electron chi connectivity index (χ4n) is 2.46. The number of carbonyl (C=O) groups excluding carboxylic acids is 2. The van der Waals surface area contributed by atoms with E-state index in [1.165, 1.54) is 24.5 Å². The van der Waals surface area contributed by atoms with E-state index in [0.717, 1.165) is 4.70 Å². The van der Waals surface area contributed by atoms with Crippen molar-refractivity contribution in [3.63, 3.8) is 0 Å². The molecule has 3 heterocycles. The average Bonchev–Trinajstić information content (AvgIpc) is 3.32. The molecule has 134 valence electrons. The SMILES string of the molecule is COC(=O)Cn1c(=NC(=O)c2ccc(Br)o2)sc2cc3c(cc21)OCO3. The van der Waals surface area contributed by atoms with Crippen molar-refractivity contribution in [2.75, 3.05) is 13.9 Å². The second-order valence-corrected chi connectivity index (χ2v) is 7.03. The van der Waals surface area contributed by atoms with E-state index in [0.29, 0.717) is 26.5 Å². The van der Waals surface area contributed by atoms with Crippen molar-refractivity contribution in [2.45, 2.75) is 6.54 Å². The van der Waals surface area contributed by atoms with Crippen LogP contribution >= 0.6 is 27.3 Å². The van der Waals surface area contributed by atoms with Crippen LogP contribution in [0.2, 0.25) is 0 Å². The molecule has 4 rings (SSSR count). The zero-order chi connectivity index (χ0) is 18.3. The number of halogens is 1. The third-order valence-corrected chi connectivity index (χ3v) is 5.14. The van der Waals surface area contributed by atoms with Crippen LogP contribution in [0.4, 0.5) is 0 Å². The lowest BCUT2D eigenvalue weighted by atomic mass is 10.3. The Morgan fingerprint density at radius 2 is 2.08 bits per heavy atom. The lowest BCUT2D eigenvalue weighted by Gasteiger charge is -2.04. The van der Waals surface area contributed by atoms with Gasteiger partial charge in [0, 0.05) is 12.1 Å². The first-order valence-electron chi connectivity index (χ1n) is 7.39. The monoisotopic (exact) mass is 438 g/mol. The van der Waals surface area contributed by atoms with Crippen LogP contribution in [0.5, 0.6) is 11.5 Å². The molecule has 26 heavy (non-hydrogen) atoms. The Hall–Kier alpha value is -2.59. The van der Waals surface area contributed by atoms with Crippen LogP contribution in [-0.4, -0.2) is 30.3 Å². The summed E-state index contributed by atoms with van der Waals surface area (Å²) in [5, 5.41) is 0. The van der Waals surface area contributed by atoms with Crippen molar-refractivity contribution in [3.8, 4) is 11.5 Å². The Labute approximate surface area is 158 Å². The van der Waals surface area contributed by atoms with Gasteiger partial charge in [-0.2, -0.15) is 4.99 Å². The van der Waals surface area contributed by atoms with E-state index in [1.54, 1.807) is 22.8 Å². The van der Waals surface area contributed by atoms with E-state index in [4.69, 9.17) is 18.6 Å². The number of hydrogen-bond donors (Lipinski definition) is 0. The van der Waals surface area contributed by atoms with Gasteiger partial charge in [-0.15, -0.1) is 0 Å². The van der Waals surface area contributed by atoms with Crippen LogP contribution in [0.1, 0.15) is 10.6 Å². The van der Waals surface area contributed by atoms with Crippen LogP contribution in [-0.2, 0) is 16.1 Å². The molecule has 0 saturated heterocycles. The molecule has 0 spiro atoms. The molecule has 0 radical (unpaired) electrons. The van der Waals surface area contributed by atoms with E-state index in [-0.39, 0.29) is 19.1 Å². The summed E-state index contributed by atoms with van der Waals surface area (Å²) in [6.45, 7) is 0.0524. The fourth-order valence-corrected chi connectivity index (χ4v) is 3.81. The minimum absolute atomic E-state index is 0.0908. The Bertz CT molecular complexity index is 1100. The minimum Gasteiger partial charge on any atom is -0.468 e. The number of esters is 1. The molecular formula is C16H11BrN2O6S. The fraction of sp³-hybridized carbons (Fsp3) is 0.188. The van der Waals surface area contributed by atoms with Crippen LogP contribution in [0, 0.1) is 0 Å². The van der Waals surface area contributed by atoms with Gasteiger partial charge >= 0.3 is 11.9 Å². The molecule has 2 aromatic heterocycles. The Morgan fingerprint density at radius 3 is 2.77 bits per heavy atom. The highest BCUT2D eigenvalue weighted by atomic mass is 79.9. The lowest BCUT2D eigenvalue weighted by molar-refractivity contribution is -0.141. The van der Waals surface area contributed by atoms with Gasteiger partial charge < -0.3 is 23.2 Å². The topological polar surface area (TPSA) is 92.3 Å². The molecule has 10 heteroatoms. The molecular weight excluding hydrogens is 428 g/mol. The number of amides is 1. The number of hydrogen-bond acceptors (Lipinski definition) is 7. The van der Waals surface area contributed by atoms with E-state index >= 15 is 0 Å².